The molecule has 0 spiro atoms. The molecule has 258 valence electrons. The van der Waals surface area contributed by atoms with Crippen LogP contribution in [0.4, 0.5) is 10.5 Å². The number of aromatic amines is 1. The number of para-hydroxylation sites is 1. The van der Waals surface area contributed by atoms with Gasteiger partial charge in [-0.1, -0.05) is 29.8 Å². The molecule has 0 unspecified atom stereocenters. The maximum Gasteiger partial charge on any atom is 0.318 e. The number of ketones is 1. The summed E-state index contributed by atoms with van der Waals surface area (Å²) in [6, 6.07) is 17.7. The average molecular weight is 686 g/mol. The maximum absolute atomic E-state index is 14.6. The Kier molecular flexibility index (Phi) is 10.5. The first kappa shape index (κ1) is 34.3. The van der Waals surface area contributed by atoms with Gasteiger partial charge in [0.05, 0.1) is 14.2 Å². The van der Waals surface area contributed by atoms with E-state index in [1.807, 2.05) is 67.7 Å². The van der Waals surface area contributed by atoms with E-state index in [1.54, 1.807) is 37.3 Å². The van der Waals surface area contributed by atoms with Crippen LogP contribution in [0, 0.1) is 11.8 Å². The van der Waals surface area contributed by atoms with Crippen molar-refractivity contribution >= 4 is 45.9 Å². The molecule has 2 aliphatic heterocycles. The third-order valence-electron chi connectivity index (χ3n) is 9.69. The lowest BCUT2D eigenvalue weighted by Gasteiger charge is -2.38. The van der Waals surface area contributed by atoms with Gasteiger partial charge in [-0.15, -0.1) is 0 Å². The van der Waals surface area contributed by atoms with Gasteiger partial charge < -0.3 is 34.5 Å². The Balaban J connectivity index is 1.21. The van der Waals surface area contributed by atoms with Crippen molar-refractivity contribution in [2.24, 2.45) is 11.8 Å². The van der Waals surface area contributed by atoms with Crippen LogP contribution in [0.5, 0.6) is 11.5 Å². The number of hydrogen-bond donors (Lipinski definition) is 2. The average Bonchev–Trinajstić information content (AvgIpc) is 3.52. The number of H-pyrrole nitrogens is 1. The smallest absolute Gasteiger partial charge is 0.318 e. The highest BCUT2D eigenvalue weighted by Gasteiger charge is 2.36. The van der Waals surface area contributed by atoms with E-state index in [-0.39, 0.29) is 29.6 Å². The van der Waals surface area contributed by atoms with Crippen LogP contribution in [-0.4, -0.2) is 93.0 Å². The molecule has 2 N–H and O–H groups in total. The zero-order valence-corrected chi connectivity index (χ0v) is 29.3. The van der Waals surface area contributed by atoms with E-state index in [2.05, 4.69) is 15.2 Å². The lowest BCUT2D eigenvalue weighted by molar-refractivity contribution is -0.120. The fourth-order valence-electron chi connectivity index (χ4n) is 7.28. The first-order valence-electron chi connectivity index (χ1n) is 16.8. The summed E-state index contributed by atoms with van der Waals surface area (Å²) in [6.07, 6.45) is 4.10. The first-order valence-corrected chi connectivity index (χ1v) is 17.1. The monoisotopic (exact) mass is 685 g/mol. The minimum atomic E-state index is -0.820. The maximum atomic E-state index is 14.6. The zero-order valence-electron chi connectivity index (χ0n) is 28.5. The van der Waals surface area contributed by atoms with E-state index in [0.29, 0.717) is 61.0 Å². The molecule has 11 heteroatoms. The van der Waals surface area contributed by atoms with Crippen LogP contribution in [0.3, 0.4) is 0 Å². The number of likely N-dealkylation sites (tertiary alicyclic amines) is 1. The minimum absolute atomic E-state index is 0.0181. The van der Waals surface area contributed by atoms with Gasteiger partial charge >= 0.3 is 6.03 Å². The lowest BCUT2D eigenvalue weighted by Crippen LogP contribution is -2.56. The van der Waals surface area contributed by atoms with Crippen LogP contribution in [0.15, 0.2) is 66.9 Å². The number of rotatable bonds is 10. The molecule has 0 radical (unpaired) electrons. The van der Waals surface area contributed by atoms with E-state index in [0.717, 1.165) is 40.7 Å². The molecule has 10 nitrogen and oxygen atoms in total. The number of anilines is 1. The second kappa shape index (κ2) is 14.9. The Morgan fingerprint density at radius 3 is 2.49 bits per heavy atom. The highest BCUT2D eigenvalue weighted by Crippen LogP contribution is 2.34. The summed E-state index contributed by atoms with van der Waals surface area (Å²) in [5, 5.41) is 4.77. The number of halogens is 1. The molecule has 0 aliphatic carbocycles. The third-order valence-corrected chi connectivity index (χ3v) is 9.92. The summed E-state index contributed by atoms with van der Waals surface area (Å²) in [5.74, 6) is 0.900. The van der Waals surface area contributed by atoms with Crippen LogP contribution < -0.4 is 19.7 Å². The molecule has 3 amide bonds. The van der Waals surface area contributed by atoms with Gasteiger partial charge in [0.25, 0.3) is 0 Å². The predicted octanol–water partition coefficient (Wildman–Crippen LogP) is 5.82. The predicted molar refractivity (Wildman–Crippen MR) is 192 cm³/mol. The first-order chi connectivity index (χ1) is 23.6. The number of carbonyl (C=O) groups excluding carboxylic acids is 3. The number of hydrogen-bond acceptors (Lipinski definition) is 6. The number of amides is 3. The van der Waals surface area contributed by atoms with Gasteiger partial charge in [-0.05, 0) is 92.9 Å². The standard InChI is InChI=1S/C38H44ClN5O5/c1-42(2)22-24-17-27-18-29(39)10-11-33(27)44(23-24)37(46)32(19-28-21-40-31-8-6-5-7-30(28)31)41-38(47)43-15-13-25(14-16-43)36(45)26-9-12-34(48-3)35(20-26)49-4/h5-12,18,20-21,24-25,32,40H,13-17,19,22-23H2,1-4H3,(H,41,47)/t24-,32+/m0/s1. The summed E-state index contributed by atoms with van der Waals surface area (Å²) < 4.78 is 10.7. The molecule has 1 saturated heterocycles. The van der Waals surface area contributed by atoms with E-state index in [1.165, 1.54) is 0 Å². The molecular formula is C38H44ClN5O5. The fourth-order valence-corrected chi connectivity index (χ4v) is 7.47. The molecule has 3 aromatic carbocycles. The molecule has 2 atom stereocenters. The number of urea groups is 1. The molecule has 4 aromatic rings. The number of carbonyl (C=O) groups is 3. The number of methoxy groups -OCH3 is 2. The van der Waals surface area contributed by atoms with Gasteiger partial charge in [0.15, 0.2) is 17.3 Å². The number of piperidine rings is 1. The Morgan fingerprint density at radius 2 is 1.76 bits per heavy atom. The summed E-state index contributed by atoms with van der Waals surface area (Å²) >= 11 is 6.40. The number of nitrogens with zero attached hydrogens (tertiary/aromatic N) is 3. The van der Waals surface area contributed by atoms with Crippen LogP contribution in [0.25, 0.3) is 10.9 Å². The Hall–Kier alpha value is -4.54. The van der Waals surface area contributed by atoms with Crippen molar-refractivity contribution in [1.29, 1.82) is 0 Å². The van der Waals surface area contributed by atoms with E-state index in [9.17, 15) is 14.4 Å². The second-order valence-corrected chi connectivity index (χ2v) is 13.8. The van der Waals surface area contributed by atoms with Crippen molar-refractivity contribution < 1.29 is 23.9 Å². The number of aromatic nitrogens is 1. The van der Waals surface area contributed by atoms with Crippen molar-refractivity contribution in [3.8, 4) is 11.5 Å². The van der Waals surface area contributed by atoms with Gasteiger partial charge in [0, 0.05) is 71.9 Å². The number of benzene rings is 3. The summed E-state index contributed by atoms with van der Waals surface area (Å²) in [5.41, 5.74) is 4.34. The molecule has 6 rings (SSSR count). The van der Waals surface area contributed by atoms with Crippen LogP contribution >= 0.6 is 11.6 Å². The molecule has 49 heavy (non-hydrogen) atoms. The van der Waals surface area contributed by atoms with Crippen molar-refractivity contribution in [2.75, 3.05) is 59.4 Å². The van der Waals surface area contributed by atoms with Crippen molar-refractivity contribution in [3.63, 3.8) is 0 Å². The van der Waals surface area contributed by atoms with Crippen molar-refractivity contribution in [2.45, 2.75) is 31.7 Å². The van der Waals surface area contributed by atoms with Gasteiger partial charge in [-0.3, -0.25) is 9.59 Å². The molecule has 0 bridgehead atoms. The SMILES string of the molecule is COc1ccc(C(=O)C2CCN(C(=O)N[C@H](Cc3c[nH]c4ccccc34)C(=O)N3C[C@H](CN(C)C)Cc4cc(Cl)ccc43)CC2)cc1OC. The normalized spacial score (nSPS) is 17.1. The van der Waals surface area contributed by atoms with Gasteiger partial charge in [0.2, 0.25) is 5.91 Å². The highest BCUT2D eigenvalue weighted by atomic mass is 35.5. The molecule has 3 heterocycles. The molecule has 2 aliphatic rings. The Morgan fingerprint density at radius 1 is 1.00 bits per heavy atom. The quantitative estimate of drug-likeness (QED) is 0.204. The van der Waals surface area contributed by atoms with E-state index < -0.39 is 6.04 Å². The Labute approximate surface area is 292 Å². The van der Waals surface area contributed by atoms with Gasteiger partial charge in [0.1, 0.15) is 6.04 Å². The van der Waals surface area contributed by atoms with Crippen molar-refractivity contribution in [3.05, 3.63) is 88.6 Å². The zero-order chi connectivity index (χ0) is 34.7. The molecule has 1 fully saturated rings. The molecule has 0 saturated carbocycles. The molecular weight excluding hydrogens is 642 g/mol. The fraction of sp³-hybridized carbons (Fsp3) is 0.395. The van der Waals surface area contributed by atoms with Crippen LogP contribution in [0.1, 0.15) is 34.3 Å². The minimum Gasteiger partial charge on any atom is -0.493 e. The third kappa shape index (κ3) is 7.55. The summed E-state index contributed by atoms with van der Waals surface area (Å²) in [7, 11) is 7.16. The highest BCUT2D eigenvalue weighted by molar-refractivity contribution is 6.30. The lowest BCUT2D eigenvalue weighted by atomic mass is 9.89. The molecule has 1 aromatic heterocycles. The largest absolute Gasteiger partial charge is 0.493 e. The Bertz CT molecular complexity index is 1830. The van der Waals surface area contributed by atoms with Crippen LogP contribution in [0.2, 0.25) is 5.02 Å². The summed E-state index contributed by atoms with van der Waals surface area (Å²) in [4.78, 5) is 50.9. The number of nitrogens with one attached hydrogen (secondary N) is 2. The van der Waals surface area contributed by atoms with E-state index in [4.69, 9.17) is 21.1 Å². The van der Waals surface area contributed by atoms with Gasteiger partial charge in [-0.2, -0.15) is 0 Å². The summed E-state index contributed by atoms with van der Waals surface area (Å²) in [6.45, 7) is 2.15. The van der Waals surface area contributed by atoms with Gasteiger partial charge in [-0.25, -0.2) is 4.79 Å². The topological polar surface area (TPSA) is 107 Å². The van der Waals surface area contributed by atoms with Crippen molar-refractivity contribution in [1.82, 2.24) is 20.1 Å². The second-order valence-electron chi connectivity index (χ2n) is 13.3. The number of ether oxygens (including phenoxy) is 2. The number of fused-ring (bicyclic) bond motifs is 2. The van der Waals surface area contributed by atoms with E-state index >= 15 is 0 Å². The number of Topliss-reactive ketones (excluding diaryl/α,β-unsaturated/α-hetero) is 1. The van der Waals surface area contributed by atoms with Crippen LogP contribution in [-0.2, 0) is 17.6 Å².